The molecule has 0 radical (unpaired) electrons. The van der Waals surface area contributed by atoms with Gasteiger partial charge in [-0.1, -0.05) is 32.0 Å². The summed E-state index contributed by atoms with van der Waals surface area (Å²) >= 11 is 0. The Morgan fingerprint density at radius 2 is 1.78 bits per heavy atom. The molecule has 8 heteroatoms. The van der Waals surface area contributed by atoms with Gasteiger partial charge in [0.15, 0.2) is 5.76 Å². The zero-order valence-corrected chi connectivity index (χ0v) is 18.4. The zero-order chi connectivity index (χ0) is 22.5. The summed E-state index contributed by atoms with van der Waals surface area (Å²) in [6.07, 6.45) is 1.95. The first-order valence-corrected chi connectivity index (χ1v) is 10.9. The van der Waals surface area contributed by atoms with Crippen molar-refractivity contribution in [1.29, 1.82) is 0 Å². The van der Waals surface area contributed by atoms with Crippen LogP contribution in [0, 0.1) is 5.92 Å². The van der Waals surface area contributed by atoms with Crippen molar-refractivity contribution in [1.82, 2.24) is 19.6 Å². The third-order valence-electron chi connectivity index (χ3n) is 5.28. The van der Waals surface area contributed by atoms with E-state index in [9.17, 15) is 9.59 Å². The second kappa shape index (κ2) is 9.72. The molecule has 0 bridgehead atoms. The number of carbonyl (C=O) groups excluding carboxylic acids is 2. The molecule has 0 spiro atoms. The van der Waals surface area contributed by atoms with E-state index in [2.05, 4.69) is 5.10 Å². The molecule has 1 aromatic carbocycles. The normalized spacial score (nSPS) is 14.5. The van der Waals surface area contributed by atoms with Crippen LogP contribution in [0.3, 0.4) is 0 Å². The molecule has 0 N–H and O–H groups in total. The van der Waals surface area contributed by atoms with Gasteiger partial charge in [0, 0.05) is 32.2 Å². The van der Waals surface area contributed by atoms with Gasteiger partial charge < -0.3 is 19.0 Å². The largest absolute Gasteiger partial charge is 0.463 e. The van der Waals surface area contributed by atoms with Gasteiger partial charge in [-0.15, -0.1) is 0 Å². The summed E-state index contributed by atoms with van der Waals surface area (Å²) in [4.78, 5) is 29.3. The van der Waals surface area contributed by atoms with E-state index >= 15 is 0 Å². The smallest absolute Gasteiger partial charge is 0.409 e. The van der Waals surface area contributed by atoms with Crippen LogP contribution in [0.25, 0.3) is 17.1 Å². The van der Waals surface area contributed by atoms with E-state index in [4.69, 9.17) is 9.15 Å². The number of hydrogen-bond donors (Lipinski definition) is 0. The number of furan rings is 1. The quantitative estimate of drug-likeness (QED) is 0.602. The minimum Gasteiger partial charge on any atom is -0.463 e. The lowest BCUT2D eigenvalue weighted by atomic mass is 10.2. The number of nitrogens with zero attached hydrogens (tertiary/aromatic N) is 4. The first-order chi connectivity index (χ1) is 15.5. The number of rotatable bonds is 5. The molecule has 0 aliphatic carbocycles. The highest BCUT2D eigenvalue weighted by Gasteiger charge is 2.27. The highest BCUT2D eigenvalue weighted by Crippen LogP contribution is 2.23. The highest BCUT2D eigenvalue weighted by molar-refractivity contribution is 5.94. The van der Waals surface area contributed by atoms with E-state index in [1.807, 2.05) is 50.2 Å². The number of amides is 2. The second-order valence-electron chi connectivity index (χ2n) is 8.24. The van der Waals surface area contributed by atoms with Crippen molar-refractivity contribution in [2.24, 2.45) is 5.92 Å². The number of para-hydroxylation sites is 1. The van der Waals surface area contributed by atoms with Crippen LogP contribution in [-0.4, -0.2) is 64.4 Å². The summed E-state index contributed by atoms with van der Waals surface area (Å²) in [5.41, 5.74) is 1.84. The van der Waals surface area contributed by atoms with E-state index in [0.717, 1.165) is 5.69 Å². The fourth-order valence-corrected chi connectivity index (χ4v) is 3.64. The van der Waals surface area contributed by atoms with Gasteiger partial charge in [-0.05, 0) is 36.6 Å². The monoisotopic (exact) mass is 436 g/mol. The lowest BCUT2D eigenvalue weighted by Crippen LogP contribution is -2.38. The number of benzene rings is 1. The molecule has 3 heterocycles. The maximum absolute atomic E-state index is 13.5. The minimum absolute atomic E-state index is 0.128. The van der Waals surface area contributed by atoms with E-state index in [0.29, 0.717) is 56.4 Å². The minimum atomic E-state index is -0.317. The van der Waals surface area contributed by atoms with Crippen molar-refractivity contribution >= 4 is 12.0 Å². The fraction of sp³-hybridized carbons (Fsp3) is 0.375. The van der Waals surface area contributed by atoms with E-state index in [1.54, 1.807) is 32.9 Å². The molecule has 1 aliphatic heterocycles. The van der Waals surface area contributed by atoms with Crippen LogP contribution in [-0.2, 0) is 4.74 Å². The van der Waals surface area contributed by atoms with Crippen LogP contribution >= 0.6 is 0 Å². The molecule has 1 fully saturated rings. The van der Waals surface area contributed by atoms with Crippen LogP contribution < -0.4 is 0 Å². The fourth-order valence-electron chi connectivity index (χ4n) is 3.64. The lowest BCUT2D eigenvalue weighted by molar-refractivity contribution is 0.0738. The molecule has 0 saturated carbocycles. The standard InChI is InChI=1S/C24H28N4O4/c1-18(2)17-32-24(30)27-12-7-11-26(13-14-27)23(29)21-16-20(22-10-6-15-31-22)25-28(21)19-8-4-3-5-9-19/h3-6,8-10,15-16,18H,7,11-14,17H2,1-2H3. The molecule has 2 amide bonds. The second-order valence-corrected chi connectivity index (χ2v) is 8.24. The van der Waals surface area contributed by atoms with Crippen molar-refractivity contribution in [3.63, 3.8) is 0 Å². The maximum atomic E-state index is 13.5. The van der Waals surface area contributed by atoms with Crippen LogP contribution in [0.2, 0.25) is 0 Å². The molecule has 168 valence electrons. The summed E-state index contributed by atoms with van der Waals surface area (Å²) in [5.74, 6) is 0.755. The lowest BCUT2D eigenvalue weighted by Gasteiger charge is -2.22. The topological polar surface area (TPSA) is 80.8 Å². The molecule has 4 rings (SSSR count). The average Bonchev–Trinajstić information content (AvgIpc) is 3.42. The Balaban J connectivity index is 1.54. The van der Waals surface area contributed by atoms with E-state index in [-0.39, 0.29) is 17.9 Å². The van der Waals surface area contributed by atoms with Crippen LogP contribution in [0.5, 0.6) is 0 Å². The van der Waals surface area contributed by atoms with Crippen molar-refractivity contribution in [3.8, 4) is 17.1 Å². The van der Waals surface area contributed by atoms with Gasteiger partial charge in [0.1, 0.15) is 11.4 Å². The van der Waals surface area contributed by atoms with Gasteiger partial charge in [-0.2, -0.15) is 5.10 Å². The SMILES string of the molecule is CC(C)COC(=O)N1CCCN(C(=O)c2cc(-c3ccco3)nn2-c2ccccc2)CC1. The summed E-state index contributed by atoms with van der Waals surface area (Å²) in [5, 5.41) is 4.64. The third kappa shape index (κ3) is 4.85. The Kier molecular flexibility index (Phi) is 6.58. The predicted octanol–water partition coefficient (Wildman–Crippen LogP) is 4.07. The molecule has 0 unspecified atom stereocenters. The molecular formula is C24H28N4O4. The van der Waals surface area contributed by atoms with Crippen LogP contribution in [0.15, 0.2) is 59.2 Å². The predicted molar refractivity (Wildman–Crippen MR) is 120 cm³/mol. The first kappa shape index (κ1) is 21.7. The number of ether oxygens (including phenoxy) is 1. The Morgan fingerprint density at radius 1 is 1.03 bits per heavy atom. The highest BCUT2D eigenvalue weighted by atomic mass is 16.6. The molecule has 32 heavy (non-hydrogen) atoms. The van der Waals surface area contributed by atoms with Gasteiger partial charge in [0.2, 0.25) is 0 Å². The molecule has 1 saturated heterocycles. The molecule has 2 aromatic heterocycles. The van der Waals surface area contributed by atoms with Gasteiger partial charge >= 0.3 is 6.09 Å². The van der Waals surface area contributed by atoms with Gasteiger partial charge in [-0.25, -0.2) is 9.48 Å². The van der Waals surface area contributed by atoms with Crippen molar-refractivity contribution in [2.45, 2.75) is 20.3 Å². The van der Waals surface area contributed by atoms with Crippen molar-refractivity contribution < 1.29 is 18.7 Å². The Bertz CT molecular complexity index is 1040. The molecule has 1 aliphatic rings. The molecular weight excluding hydrogens is 408 g/mol. The Morgan fingerprint density at radius 3 is 2.50 bits per heavy atom. The van der Waals surface area contributed by atoms with Crippen molar-refractivity contribution in [2.75, 3.05) is 32.8 Å². The van der Waals surface area contributed by atoms with Gasteiger partial charge in [0.25, 0.3) is 5.91 Å². The number of hydrogen-bond acceptors (Lipinski definition) is 5. The summed E-state index contributed by atoms with van der Waals surface area (Å²) < 4.78 is 12.5. The van der Waals surface area contributed by atoms with Gasteiger partial charge in [0.05, 0.1) is 18.6 Å². The van der Waals surface area contributed by atoms with Crippen LogP contribution in [0.1, 0.15) is 30.8 Å². The van der Waals surface area contributed by atoms with E-state index < -0.39 is 0 Å². The van der Waals surface area contributed by atoms with Gasteiger partial charge in [-0.3, -0.25) is 4.79 Å². The summed E-state index contributed by atoms with van der Waals surface area (Å²) in [7, 11) is 0. The number of aromatic nitrogens is 2. The molecule has 3 aromatic rings. The summed E-state index contributed by atoms with van der Waals surface area (Å²) in [6.45, 7) is 6.40. The Hall–Kier alpha value is -3.55. The van der Waals surface area contributed by atoms with Crippen LogP contribution in [0.4, 0.5) is 4.79 Å². The third-order valence-corrected chi connectivity index (χ3v) is 5.28. The summed E-state index contributed by atoms with van der Waals surface area (Å²) in [6, 6.07) is 14.9. The van der Waals surface area contributed by atoms with E-state index in [1.165, 1.54) is 0 Å². The van der Waals surface area contributed by atoms with Crippen molar-refractivity contribution in [3.05, 3.63) is 60.5 Å². The zero-order valence-electron chi connectivity index (χ0n) is 18.4. The average molecular weight is 437 g/mol. The first-order valence-electron chi connectivity index (χ1n) is 10.9. The molecule has 0 atom stereocenters. The maximum Gasteiger partial charge on any atom is 0.409 e. The Labute approximate surface area is 187 Å². The molecule has 8 nitrogen and oxygen atoms in total. The number of carbonyl (C=O) groups is 2.